The highest BCUT2D eigenvalue weighted by Crippen LogP contribution is 2.43. The van der Waals surface area contributed by atoms with E-state index in [9.17, 15) is 18.3 Å². The van der Waals surface area contributed by atoms with Gasteiger partial charge in [0.25, 0.3) is 0 Å². The maximum atomic E-state index is 14.0. The SMILES string of the molecule is CN(C)c1ccc(C(C)(C)CC(O)(Cc2cc3ccccc3[nH]2)C(F)(F)F)cc1. The molecule has 29 heavy (non-hydrogen) atoms. The van der Waals surface area contributed by atoms with Crippen molar-refractivity contribution in [1.82, 2.24) is 4.98 Å². The Labute approximate surface area is 169 Å². The van der Waals surface area contributed by atoms with Gasteiger partial charge in [0.1, 0.15) is 0 Å². The Kier molecular flexibility index (Phi) is 5.43. The van der Waals surface area contributed by atoms with Crippen LogP contribution in [0.15, 0.2) is 54.6 Å². The third-order valence-electron chi connectivity index (χ3n) is 5.50. The number of alkyl halides is 3. The topological polar surface area (TPSA) is 39.3 Å². The van der Waals surface area contributed by atoms with Crippen molar-refractivity contribution in [1.29, 1.82) is 0 Å². The average molecular weight is 404 g/mol. The van der Waals surface area contributed by atoms with Gasteiger partial charge in [0.2, 0.25) is 0 Å². The summed E-state index contributed by atoms with van der Waals surface area (Å²) in [5, 5.41) is 11.6. The van der Waals surface area contributed by atoms with Crippen molar-refractivity contribution >= 4 is 16.6 Å². The molecule has 0 aliphatic carbocycles. The largest absolute Gasteiger partial charge is 0.417 e. The molecule has 0 amide bonds. The molecule has 0 fully saturated rings. The highest BCUT2D eigenvalue weighted by Gasteiger charge is 2.56. The molecular formula is C23H27F3N2O. The molecule has 0 spiro atoms. The molecule has 0 saturated heterocycles. The summed E-state index contributed by atoms with van der Waals surface area (Å²) in [6, 6.07) is 16.4. The van der Waals surface area contributed by atoms with Gasteiger partial charge in [0.15, 0.2) is 5.60 Å². The van der Waals surface area contributed by atoms with Crippen LogP contribution in [-0.4, -0.2) is 36.0 Å². The van der Waals surface area contributed by atoms with Gasteiger partial charge in [-0.2, -0.15) is 13.2 Å². The minimum absolute atomic E-state index is 0.366. The van der Waals surface area contributed by atoms with Gasteiger partial charge in [0, 0.05) is 37.4 Å². The molecular weight excluding hydrogens is 377 g/mol. The van der Waals surface area contributed by atoms with E-state index in [1.807, 2.05) is 67.5 Å². The quantitative estimate of drug-likeness (QED) is 0.574. The number of aliphatic hydroxyl groups is 1. The minimum atomic E-state index is -4.76. The van der Waals surface area contributed by atoms with E-state index in [0.717, 1.165) is 22.2 Å². The van der Waals surface area contributed by atoms with Crippen LogP contribution in [0.2, 0.25) is 0 Å². The number of benzene rings is 2. The van der Waals surface area contributed by atoms with E-state index in [4.69, 9.17) is 0 Å². The first-order chi connectivity index (χ1) is 13.4. The number of aromatic amines is 1. The number of halogens is 3. The fourth-order valence-electron chi connectivity index (χ4n) is 3.85. The van der Waals surface area contributed by atoms with Crippen LogP contribution in [0.4, 0.5) is 18.9 Å². The van der Waals surface area contributed by atoms with E-state index in [-0.39, 0.29) is 0 Å². The molecule has 0 aliphatic heterocycles. The fraction of sp³-hybridized carbons (Fsp3) is 0.391. The van der Waals surface area contributed by atoms with Gasteiger partial charge in [-0.1, -0.05) is 44.2 Å². The highest BCUT2D eigenvalue weighted by atomic mass is 19.4. The Morgan fingerprint density at radius 2 is 1.59 bits per heavy atom. The summed E-state index contributed by atoms with van der Waals surface area (Å²) in [5.41, 5.74) is -0.884. The van der Waals surface area contributed by atoms with Crippen molar-refractivity contribution in [3.8, 4) is 0 Å². The summed E-state index contributed by atoms with van der Waals surface area (Å²) in [7, 11) is 3.81. The van der Waals surface area contributed by atoms with Gasteiger partial charge < -0.3 is 15.0 Å². The number of hydrogen-bond acceptors (Lipinski definition) is 2. The number of nitrogens with zero attached hydrogens (tertiary/aromatic N) is 1. The molecule has 0 aliphatic rings. The van der Waals surface area contributed by atoms with Gasteiger partial charge in [-0.25, -0.2) is 0 Å². The van der Waals surface area contributed by atoms with Crippen LogP contribution in [0.3, 0.4) is 0 Å². The molecule has 1 aromatic heterocycles. The lowest BCUT2D eigenvalue weighted by Crippen LogP contribution is -2.50. The van der Waals surface area contributed by atoms with Crippen molar-refractivity contribution < 1.29 is 18.3 Å². The number of rotatable bonds is 6. The Morgan fingerprint density at radius 1 is 0.966 bits per heavy atom. The number of nitrogens with one attached hydrogen (secondary N) is 1. The average Bonchev–Trinajstić information content (AvgIpc) is 3.02. The monoisotopic (exact) mass is 404 g/mol. The molecule has 6 heteroatoms. The molecule has 2 aromatic carbocycles. The zero-order valence-electron chi connectivity index (χ0n) is 17.1. The highest BCUT2D eigenvalue weighted by molar-refractivity contribution is 5.80. The zero-order valence-corrected chi connectivity index (χ0v) is 17.1. The Morgan fingerprint density at radius 3 is 2.14 bits per heavy atom. The molecule has 3 rings (SSSR count). The third-order valence-corrected chi connectivity index (χ3v) is 5.50. The zero-order chi connectivity index (χ0) is 21.4. The maximum absolute atomic E-state index is 14.0. The predicted octanol–water partition coefficient (Wildman–Crippen LogP) is 5.44. The number of H-pyrrole nitrogens is 1. The van der Waals surface area contributed by atoms with Crippen molar-refractivity contribution in [3.05, 3.63) is 65.9 Å². The molecule has 0 bridgehead atoms. The summed E-state index contributed by atoms with van der Waals surface area (Å²) in [4.78, 5) is 4.93. The van der Waals surface area contributed by atoms with Crippen LogP contribution in [0.5, 0.6) is 0 Å². The molecule has 2 N–H and O–H groups in total. The number of para-hydroxylation sites is 1. The van der Waals surface area contributed by atoms with E-state index in [0.29, 0.717) is 5.69 Å². The second kappa shape index (κ2) is 7.41. The lowest BCUT2D eigenvalue weighted by Gasteiger charge is -2.38. The Bertz CT molecular complexity index is 941. The van der Waals surface area contributed by atoms with E-state index >= 15 is 0 Å². The smallest absolute Gasteiger partial charge is 0.380 e. The van der Waals surface area contributed by atoms with Gasteiger partial charge in [0.05, 0.1) is 0 Å². The van der Waals surface area contributed by atoms with E-state index in [1.165, 1.54) is 0 Å². The maximum Gasteiger partial charge on any atom is 0.417 e. The van der Waals surface area contributed by atoms with Crippen molar-refractivity contribution in [2.24, 2.45) is 0 Å². The van der Waals surface area contributed by atoms with Crippen LogP contribution >= 0.6 is 0 Å². The first kappa shape index (κ1) is 21.2. The summed E-state index contributed by atoms with van der Waals surface area (Å²) in [6.07, 6.45) is -5.73. The predicted molar refractivity (Wildman–Crippen MR) is 111 cm³/mol. The molecule has 1 heterocycles. The van der Waals surface area contributed by atoms with Crippen LogP contribution in [0.1, 0.15) is 31.5 Å². The first-order valence-electron chi connectivity index (χ1n) is 9.55. The van der Waals surface area contributed by atoms with E-state index in [2.05, 4.69) is 4.98 Å². The number of anilines is 1. The van der Waals surface area contributed by atoms with Crippen LogP contribution < -0.4 is 4.90 Å². The summed E-state index contributed by atoms with van der Waals surface area (Å²) in [5.74, 6) is 0. The summed E-state index contributed by atoms with van der Waals surface area (Å²) in [6.45, 7) is 3.47. The molecule has 0 saturated carbocycles. The summed E-state index contributed by atoms with van der Waals surface area (Å²) >= 11 is 0. The third kappa shape index (κ3) is 4.42. The molecule has 3 aromatic rings. The lowest BCUT2D eigenvalue weighted by atomic mass is 9.73. The molecule has 1 unspecified atom stereocenters. The van der Waals surface area contributed by atoms with Crippen LogP contribution in [0.25, 0.3) is 10.9 Å². The van der Waals surface area contributed by atoms with Gasteiger partial charge >= 0.3 is 6.18 Å². The van der Waals surface area contributed by atoms with Gasteiger partial charge in [-0.15, -0.1) is 0 Å². The van der Waals surface area contributed by atoms with E-state index in [1.54, 1.807) is 19.9 Å². The normalized spacial score (nSPS) is 14.8. The van der Waals surface area contributed by atoms with Gasteiger partial charge in [-0.05, 0) is 47.1 Å². The minimum Gasteiger partial charge on any atom is -0.380 e. The lowest BCUT2D eigenvalue weighted by molar-refractivity contribution is -0.266. The fourth-order valence-corrected chi connectivity index (χ4v) is 3.85. The molecule has 1 atom stereocenters. The van der Waals surface area contributed by atoms with Gasteiger partial charge in [-0.3, -0.25) is 0 Å². The van der Waals surface area contributed by atoms with Crippen molar-refractivity contribution in [3.63, 3.8) is 0 Å². The number of hydrogen-bond donors (Lipinski definition) is 2. The second-order valence-corrected chi connectivity index (χ2v) is 8.59. The van der Waals surface area contributed by atoms with Crippen molar-refractivity contribution in [2.75, 3.05) is 19.0 Å². The van der Waals surface area contributed by atoms with Crippen molar-refractivity contribution in [2.45, 2.75) is 43.9 Å². The van der Waals surface area contributed by atoms with Crippen LogP contribution in [-0.2, 0) is 11.8 Å². The Balaban J connectivity index is 1.90. The van der Waals surface area contributed by atoms with Crippen LogP contribution in [0, 0.1) is 0 Å². The molecule has 3 nitrogen and oxygen atoms in total. The van der Waals surface area contributed by atoms with E-state index < -0.39 is 30.0 Å². The molecule has 0 radical (unpaired) electrons. The second-order valence-electron chi connectivity index (χ2n) is 8.59. The Hall–Kier alpha value is -2.47. The number of aromatic nitrogens is 1. The first-order valence-corrected chi connectivity index (χ1v) is 9.55. The number of fused-ring (bicyclic) bond motifs is 1. The molecule has 156 valence electrons. The summed E-state index contributed by atoms with van der Waals surface area (Å²) < 4.78 is 42.0. The standard InChI is InChI=1S/C23H27F3N2O/c1-21(2,17-9-11-19(12-10-17)28(3)4)15-22(29,23(24,25)26)14-18-13-16-7-5-6-8-20(16)27-18/h5-13,27,29H,14-15H2,1-4H3.